The molecule has 3 heterocycles. The Hall–Kier alpha value is -9.77. The minimum atomic E-state index is 0.0556. The molecule has 0 unspecified atom stereocenters. The molecule has 0 saturated carbocycles. The van der Waals surface area contributed by atoms with E-state index >= 15 is 0 Å². The molecule has 0 amide bonds. The first kappa shape index (κ1) is 36.6. The van der Waals surface area contributed by atoms with Crippen molar-refractivity contribution >= 4 is 43.6 Å². The van der Waals surface area contributed by atoms with Crippen molar-refractivity contribution in [2.45, 2.75) is 0 Å². The van der Waals surface area contributed by atoms with Crippen LogP contribution >= 0.6 is 0 Å². The molecule has 0 bridgehead atoms. The largest absolute Gasteiger partial charge is 0.309 e. The molecule has 0 radical (unpaired) electrons. The van der Waals surface area contributed by atoms with Gasteiger partial charge in [0.2, 0.25) is 0 Å². The van der Waals surface area contributed by atoms with Crippen LogP contribution in [0.5, 0.6) is 0 Å². The topological polar surface area (TPSA) is 165 Å². The first-order valence-corrected chi connectivity index (χ1v) is 19.4. The number of hydrogen-bond acceptors (Lipinski definition) is 7. The lowest BCUT2D eigenvalue weighted by atomic mass is 9.81. The van der Waals surface area contributed by atoms with Crippen LogP contribution in [-0.4, -0.2) is 14.1 Å². The molecular formula is C53H25N9. The van der Waals surface area contributed by atoms with Crippen molar-refractivity contribution in [1.29, 1.82) is 31.6 Å². The van der Waals surface area contributed by atoms with Crippen LogP contribution in [0, 0.1) is 68.0 Å². The molecule has 0 spiro atoms. The fourth-order valence-electron chi connectivity index (χ4n) is 8.86. The molecule has 0 fully saturated rings. The Morgan fingerprint density at radius 2 is 0.887 bits per heavy atom. The maximum atomic E-state index is 10.8. The van der Waals surface area contributed by atoms with Crippen molar-refractivity contribution in [3.63, 3.8) is 0 Å². The van der Waals surface area contributed by atoms with Crippen LogP contribution in [0.2, 0.25) is 0 Å². The number of benzene rings is 7. The van der Waals surface area contributed by atoms with Gasteiger partial charge in [0.1, 0.15) is 5.82 Å². The average Bonchev–Trinajstić information content (AvgIpc) is 3.86. The van der Waals surface area contributed by atoms with Gasteiger partial charge in [-0.1, -0.05) is 72.8 Å². The molecule has 0 aliphatic rings. The minimum Gasteiger partial charge on any atom is -0.309 e. The molecule has 10 aromatic rings. The van der Waals surface area contributed by atoms with Gasteiger partial charge < -0.3 is 4.57 Å². The van der Waals surface area contributed by atoms with Crippen molar-refractivity contribution in [1.82, 2.24) is 14.1 Å². The molecule has 282 valence electrons. The van der Waals surface area contributed by atoms with Crippen LogP contribution in [0.3, 0.4) is 0 Å². The van der Waals surface area contributed by atoms with Crippen LogP contribution in [0.15, 0.2) is 152 Å². The van der Waals surface area contributed by atoms with Crippen molar-refractivity contribution in [2.24, 2.45) is 0 Å². The molecule has 0 aliphatic heterocycles. The maximum Gasteiger partial charge on any atom is 0.137 e. The van der Waals surface area contributed by atoms with Gasteiger partial charge >= 0.3 is 0 Å². The summed E-state index contributed by atoms with van der Waals surface area (Å²) in [6.07, 6.45) is 1.81. The van der Waals surface area contributed by atoms with Crippen molar-refractivity contribution in [3.05, 3.63) is 185 Å². The summed E-state index contributed by atoms with van der Waals surface area (Å²) >= 11 is 0. The lowest BCUT2D eigenvalue weighted by Gasteiger charge is -2.21. The zero-order chi connectivity index (χ0) is 42.5. The molecule has 7 aromatic carbocycles. The monoisotopic (exact) mass is 787 g/mol. The summed E-state index contributed by atoms with van der Waals surface area (Å²) in [4.78, 5) is 5.10. The number of aromatic nitrogens is 3. The average molecular weight is 788 g/mol. The summed E-state index contributed by atoms with van der Waals surface area (Å²) in [5.74, 6) is 0.700. The summed E-state index contributed by atoms with van der Waals surface area (Å²) in [6.45, 7) is 0. The zero-order valence-electron chi connectivity index (χ0n) is 32.5. The summed E-state index contributed by atoms with van der Waals surface area (Å²) in [5, 5.41) is 66.8. The van der Waals surface area contributed by atoms with E-state index in [4.69, 9.17) is 4.98 Å². The third-order valence-corrected chi connectivity index (χ3v) is 11.4. The normalized spacial score (nSPS) is 10.8. The van der Waals surface area contributed by atoms with Crippen LogP contribution in [0.4, 0.5) is 0 Å². The predicted octanol–water partition coefficient (Wildman–Crippen LogP) is 11.5. The van der Waals surface area contributed by atoms with E-state index in [1.54, 1.807) is 0 Å². The second kappa shape index (κ2) is 14.6. The van der Waals surface area contributed by atoms with E-state index in [1.807, 2.05) is 103 Å². The van der Waals surface area contributed by atoms with Gasteiger partial charge in [-0.05, 0) is 83.9 Å². The van der Waals surface area contributed by atoms with Crippen molar-refractivity contribution < 1.29 is 0 Å². The standard InChI is InChI=1S/C53H25N9/c54-25-32-20-35(27-56)49(36(21-32)28-57)44-24-43(34-18-19-48(60-31-34)62-45-15-7-4-12-40(45)41-13-5-8-16-46(41)62)51-42-14-6-9-17-47(42)61(39-10-2-1-3-11-39)53(51)52(44)50-37(29-58)22-33(26-55)23-38(50)30-59/h1-24,31H. The van der Waals surface area contributed by atoms with E-state index in [0.29, 0.717) is 28.0 Å². The molecule has 10 rings (SSSR count). The highest BCUT2D eigenvalue weighted by atomic mass is 15.1. The summed E-state index contributed by atoms with van der Waals surface area (Å²) in [7, 11) is 0. The Morgan fingerprint density at radius 1 is 0.403 bits per heavy atom. The van der Waals surface area contributed by atoms with Crippen molar-refractivity contribution in [3.8, 4) is 81.3 Å². The lowest BCUT2D eigenvalue weighted by Crippen LogP contribution is -2.03. The molecule has 0 N–H and O–H groups in total. The molecular weight excluding hydrogens is 763 g/mol. The fourth-order valence-corrected chi connectivity index (χ4v) is 8.86. The van der Waals surface area contributed by atoms with Crippen LogP contribution < -0.4 is 0 Å². The predicted molar refractivity (Wildman–Crippen MR) is 238 cm³/mol. The number of nitrogens with zero attached hydrogens (tertiary/aromatic N) is 9. The quantitative estimate of drug-likeness (QED) is 0.167. The summed E-state index contributed by atoms with van der Waals surface area (Å²) in [6, 6.07) is 58.7. The summed E-state index contributed by atoms with van der Waals surface area (Å²) < 4.78 is 4.20. The molecule has 9 nitrogen and oxygen atoms in total. The highest BCUT2D eigenvalue weighted by Gasteiger charge is 2.29. The number of pyridine rings is 1. The molecule has 0 saturated heterocycles. The Balaban J connectivity index is 1.41. The molecule has 9 heteroatoms. The molecule has 62 heavy (non-hydrogen) atoms. The molecule has 0 atom stereocenters. The molecule has 3 aromatic heterocycles. The Bertz CT molecular complexity index is 3690. The molecule has 0 aliphatic carbocycles. The van der Waals surface area contributed by atoms with Gasteiger partial charge in [0, 0.05) is 55.7 Å². The Labute approximate surface area is 354 Å². The van der Waals surface area contributed by atoms with Crippen molar-refractivity contribution in [2.75, 3.05) is 0 Å². The highest BCUT2D eigenvalue weighted by Crippen LogP contribution is 2.50. The Morgan fingerprint density at radius 3 is 1.39 bits per heavy atom. The van der Waals surface area contributed by atoms with Gasteiger partial charge in [-0.15, -0.1) is 0 Å². The van der Waals surface area contributed by atoms with Crippen LogP contribution in [-0.2, 0) is 0 Å². The zero-order valence-corrected chi connectivity index (χ0v) is 32.5. The Kier molecular flexibility index (Phi) is 8.58. The number of nitriles is 6. The van der Waals surface area contributed by atoms with Gasteiger partial charge in [0.05, 0.1) is 91.9 Å². The van der Waals surface area contributed by atoms with Crippen LogP contribution in [0.25, 0.3) is 88.5 Å². The van der Waals surface area contributed by atoms with Crippen LogP contribution in [0.1, 0.15) is 33.4 Å². The van der Waals surface area contributed by atoms with Gasteiger partial charge in [-0.25, -0.2) is 4.98 Å². The smallest absolute Gasteiger partial charge is 0.137 e. The summed E-state index contributed by atoms with van der Waals surface area (Å²) in [5.41, 5.74) is 7.32. The first-order chi connectivity index (χ1) is 30.5. The number of para-hydroxylation sites is 4. The fraction of sp³-hybridized carbons (Fsp3) is 0. The van der Waals surface area contributed by atoms with Gasteiger partial charge in [0.25, 0.3) is 0 Å². The second-order valence-corrected chi connectivity index (χ2v) is 14.6. The second-order valence-electron chi connectivity index (χ2n) is 14.6. The number of hydrogen-bond donors (Lipinski definition) is 0. The third-order valence-electron chi connectivity index (χ3n) is 11.4. The van der Waals surface area contributed by atoms with E-state index in [0.717, 1.165) is 49.3 Å². The van der Waals surface area contributed by atoms with Gasteiger partial charge in [-0.2, -0.15) is 31.6 Å². The van der Waals surface area contributed by atoms with E-state index in [-0.39, 0.29) is 44.5 Å². The third kappa shape index (κ3) is 5.47. The van der Waals surface area contributed by atoms with Gasteiger partial charge in [-0.3, -0.25) is 4.57 Å². The minimum absolute atomic E-state index is 0.0556. The SMILES string of the molecule is N#Cc1cc(C#N)c(-c2cc(-c3ccc(-n4c5ccccc5c5ccccc54)nc3)c3c4ccccc4n(-c4ccccc4)c3c2-c2c(C#N)cc(C#N)cc2C#N)c(C#N)c1. The van der Waals surface area contributed by atoms with Gasteiger partial charge in [0.15, 0.2) is 0 Å². The first-order valence-electron chi connectivity index (χ1n) is 19.4. The highest BCUT2D eigenvalue weighted by molar-refractivity contribution is 6.23. The van der Waals surface area contributed by atoms with E-state index in [2.05, 4.69) is 69.8 Å². The lowest BCUT2D eigenvalue weighted by molar-refractivity contribution is 1.08. The number of fused-ring (bicyclic) bond motifs is 6. The van der Waals surface area contributed by atoms with E-state index < -0.39 is 0 Å². The maximum absolute atomic E-state index is 10.8. The van der Waals surface area contributed by atoms with E-state index in [9.17, 15) is 31.6 Å². The number of rotatable bonds is 5. The van der Waals surface area contributed by atoms with E-state index in [1.165, 1.54) is 24.3 Å².